The first-order valence-electron chi connectivity index (χ1n) is 14.4. The molecule has 0 aromatic carbocycles. The van der Waals surface area contributed by atoms with Crippen molar-refractivity contribution >= 4 is 0 Å². The summed E-state index contributed by atoms with van der Waals surface area (Å²) in [5.74, 6) is 0.759. The molecule has 12 atom stereocenters. The van der Waals surface area contributed by atoms with Crippen LogP contribution in [0.3, 0.4) is 0 Å². The predicted molar refractivity (Wildman–Crippen MR) is 138 cm³/mol. The average molecular weight is 531 g/mol. The third-order valence-corrected chi connectivity index (χ3v) is 11.5. The molecular formula is C30H42O8. The van der Waals surface area contributed by atoms with Crippen molar-refractivity contribution in [2.45, 2.75) is 120 Å². The Morgan fingerprint density at radius 1 is 0.947 bits per heavy atom. The lowest BCUT2D eigenvalue weighted by Crippen LogP contribution is -2.60. The molecule has 6 rings (SSSR count). The molecule has 8 heteroatoms. The van der Waals surface area contributed by atoms with Gasteiger partial charge in [0.2, 0.25) is 0 Å². The van der Waals surface area contributed by atoms with Gasteiger partial charge in [-0.2, -0.15) is 0 Å². The Hall–Kier alpha value is -1.55. The molecule has 4 N–H and O–H groups in total. The van der Waals surface area contributed by atoms with E-state index >= 15 is 0 Å². The lowest BCUT2D eigenvalue weighted by molar-refractivity contribution is -0.301. The summed E-state index contributed by atoms with van der Waals surface area (Å²) in [6, 6.07) is 3.36. The molecule has 1 aromatic heterocycles. The van der Waals surface area contributed by atoms with E-state index in [0.717, 1.165) is 56.9 Å². The third kappa shape index (κ3) is 3.82. The van der Waals surface area contributed by atoms with E-state index in [9.17, 15) is 25.2 Å². The van der Waals surface area contributed by atoms with Gasteiger partial charge in [0.15, 0.2) is 6.29 Å². The van der Waals surface area contributed by atoms with E-state index in [1.54, 1.807) is 13.2 Å². The van der Waals surface area contributed by atoms with Crippen LogP contribution in [0.5, 0.6) is 0 Å². The third-order valence-electron chi connectivity index (χ3n) is 11.5. The standard InChI is InChI=1S/C30H42O8/c1-16-24(32)25(33)26(34)27(37-16)38-19-8-11-28(2)18(14-19)5-6-22-21(28)9-12-29(3)20(10-13-30(22,29)35)17-4-7-23(31)36-15-17/h4,7,14-16,19-22,24-27,32-35H,5-6,8-13H2,1-3H3/t16-,19-,20+,21+,22-,24-,25+,26+,27+,28-,29-,30-/m1/s1. The maximum atomic E-state index is 12.4. The van der Waals surface area contributed by atoms with Gasteiger partial charge in [-0.25, -0.2) is 4.79 Å². The first-order chi connectivity index (χ1) is 18.0. The van der Waals surface area contributed by atoms with E-state index in [1.165, 1.54) is 11.6 Å². The molecule has 0 bridgehead atoms. The highest BCUT2D eigenvalue weighted by Gasteiger charge is 2.66. The van der Waals surface area contributed by atoms with Gasteiger partial charge in [0.25, 0.3) is 0 Å². The van der Waals surface area contributed by atoms with Crippen molar-refractivity contribution in [3.8, 4) is 0 Å². The van der Waals surface area contributed by atoms with E-state index in [-0.39, 0.29) is 34.4 Å². The van der Waals surface area contributed by atoms with Gasteiger partial charge in [0, 0.05) is 11.5 Å². The van der Waals surface area contributed by atoms with Crippen LogP contribution in [-0.2, 0) is 9.47 Å². The SMILES string of the molecule is C[C@H]1O[C@@H](O[C@H]2C=C3CC[C@@H]4[C@H](CC[C@]5(C)[C@H](c6ccc(=O)oc6)CC[C@@]45O)[C@]3(C)CC2)[C@@H](O)[C@@H](O)[C@@H]1O. The van der Waals surface area contributed by atoms with Crippen molar-refractivity contribution in [1.82, 2.24) is 0 Å². The number of hydrogen-bond acceptors (Lipinski definition) is 8. The molecule has 210 valence electrons. The maximum absolute atomic E-state index is 12.4. The highest BCUT2D eigenvalue weighted by molar-refractivity contribution is 5.31. The van der Waals surface area contributed by atoms with Gasteiger partial charge in [-0.1, -0.05) is 25.5 Å². The van der Waals surface area contributed by atoms with Crippen LogP contribution in [0.1, 0.15) is 83.6 Å². The second-order valence-corrected chi connectivity index (χ2v) is 13.1. The number of aliphatic hydroxyl groups is 4. The van der Waals surface area contributed by atoms with Crippen LogP contribution in [0.2, 0.25) is 0 Å². The minimum absolute atomic E-state index is 0.0213. The highest BCUT2D eigenvalue weighted by atomic mass is 16.7. The zero-order chi connectivity index (χ0) is 27.0. The summed E-state index contributed by atoms with van der Waals surface area (Å²) in [6.45, 7) is 6.26. The summed E-state index contributed by atoms with van der Waals surface area (Å²) in [5, 5.41) is 43.0. The first kappa shape index (κ1) is 26.7. The molecule has 2 heterocycles. The Morgan fingerprint density at radius 2 is 1.74 bits per heavy atom. The first-order valence-corrected chi connectivity index (χ1v) is 14.4. The van der Waals surface area contributed by atoms with Crippen LogP contribution in [0.4, 0.5) is 0 Å². The van der Waals surface area contributed by atoms with E-state index in [0.29, 0.717) is 5.92 Å². The van der Waals surface area contributed by atoms with Crippen molar-refractivity contribution < 1.29 is 34.3 Å². The Morgan fingerprint density at radius 3 is 2.47 bits per heavy atom. The number of rotatable bonds is 3. The molecule has 5 aliphatic rings. The molecule has 4 fully saturated rings. The summed E-state index contributed by atoms with van der Waals surface area (Å²) >= 11 is 0. The van der Waals surface area contributed by atoms with Gasteiger partial charge in [-0.3, -0.25) is 0 Å². The van der Waals surface area contributed by atoms with Gasteiger partial charge in [0.1, 0.15) is 18.3 Å². The fourth-order valence-corrected chi connectivity index (χ4v) is 9.17. The van der Waals surface area contributed by atoms with E-state index in [1.807, 2.05) is 6.07 Å². The van der Waals surface area contributed by atoms with Crippen molar-refractivity contribution in [3.63, 3.8) is 0 Å². The molecule has 3 saturated carbocycles. The number of aliphatic hydroxyl groups excluding tert-OH is 3. The Labute approximate surface area is 223 Å². The number of ether oxygens (including phenoxy) is 2. The number of allylic oxidation sites excluding steroid dienone is 1. The largest absolute Gasteiger partial charge is 0.431 e. The molecule has 8 nitrogen and oxygen atoms in total. The van der Waals surface area contributed by atoms with Crippen molar-refractivity contribution in [2.75, 3.05) is 0 Å². The highest BCUT2D eigenvalue weighted by Crippen LogP contribution is 2.70. The normalized spacial score (nSPS) is 50.5. The summed E-state index contributed by atoms with van der Waals surface area (Å²) in [7, 11) is 0. The fraction of sp³-hybridized carbons (Fsp3) is 0.767. The topological polar surface area (TPSA) is 130 Å². The quantitative estimate of drug-likeness (QED) is 0.439. The number of fused-ring (bicyclic) bond motifs is 5. The van der Waals surface area contributed by atoms with Gasteiger partial charge in [-0.05, 0) is 93.1 Å². The molecule has 38 heavy (non-hydrogen) atoms. The molecule has 0 spiro atoms. The maximum Gasteiger partial charge on any atom is 0.335 e. The second-order valence-electron chi connectivity index (χ2n) is 13.1. The van der Waals surface area contributed by atoms with Crippen molar-refractivity contribution in [3.05, 3.63) is 46.0 Å². The molecule has 1 saturated heterocycles. The Kier molecular flexibility index (Phi) is 6.49. The van der Waals surface area contributed by atoms with Crippen molar-refractivity contribution in [1.29, 1.82) is 0 Å². The minimum Gasteiger partial charge on any atom is -0.431 e. The number of hydrogen-bond donors (Lipinski definition) is 4. The van der Waals surface area contributed by atoms with Crippen LogP contribution >= 0.6 is 0 Å². The van der Waals surface area contributed by atoms with Gasteiger partial charge in [-0.15, -0.1) is 0 Å². The van der Waals surface area contributed by atoms with E-state index in [2.05, 4.69) is 19.9 Å². The molecule has 1 aromatic rings. The minimum atomic E-state index is -1.31. The van der Waals surface area contributed by atoms with E-state index < -0.39 is 36.3 Å². The Bertz CT molecular complexity index is 1130. The van der Waals surface area contributed by atoms with Gasteiger partial charge in [0.05, 0.1) is 24.1 Å². The smallest absolute Gasteiger partial charge is 0.335 e. The zero-order valence-corrected chi connectivity index (χ0v) is 22.6. The van der Waals surface area contributed by atoms with Crippen LogP contribution in [0, 0.1) is 22.7 Å². The molecule has 0 radical (unpaired) electrons. The van der Waals surface area contributed by atoms with Crippen molar-refractivity contribution in [2.24, 2.45) is 22.7 Å². The molecule has 0 amide bonds. The lowest BCUT2D eigenvalue weighted by Gasteiger charge is -2.62. The van der Waals surface area contributed by atoms with E-state index in [4.69, 9.17) is 13.9 Å². The molecular weight excluding hydrogens is 488 g/mol. The summed E-state index contributed by atoms with van der Waals surface area (Å²) < 4.78 is 17.0. The molecule has 0 unspecified atom stereocenters. The Balaban J connectivity index is 1.21. The average Bonchev–Trinajstić information content (AvgIpc) is 3.18. The van der Waals surface area contributed by atoms with Crippen LogP contribution < -0.4 is 5.63 Å². The second kappa shape index (κ2) is 9.25. The van der Waals surface area contributed by atoms with Gasteiger partial charge >= 0.3 is 5.63 Å². The predicted octanol–water partition coefficient (Wildman–Crippen LogP) is 3.01. The molecule has 4 aliphatic carbocycles. The monoisotopic (exact) mass is 530 g/mol. The lowest BCUT2D eigenvalue weighted by atomic mass is 9.45. The summed E-state index contributed by atoms with van der Waals surface area (Å²) in [5.41, 5.74) is 0.991. The van der Waals surface area contributed by atoms with Crippen LogP contribution in [0.15, 0.2) is 39.3 Å². The van der Waals surface area contributed by atoms with Gasteiger partial charge < -0.3 is 34.3 Å². The fourth-order valence-electron chi connectivity index (χ4n) is 9.17. The summed E-state index contributed by atoms with van der Waals surface area (Å²) in [4.78, 5) is 11.5. The molecule has 1 aliphatic heterocycles. The summed E-state index contributed by atoms with van der Waals surface area (Å²) in [6.07, 6.45) is 5.32. The van der Waals surface area contributed by atoms with Crippen LogP contribution in [0.25, 0.3) is 0 Å². The zero-order valence-electron chi connectivity index (χ0n) is 22.6. The van der Waals surface area contributed by atoms with Crippen LogP contribution in [-0.4, -0.2) is 62.8 Å².